The van der Waals surface area contributed by atoms with Gasteiger partial charge in [-0.25, -0.2) is 9.59 Å². The summed E-state index contributed by atoms with van der Waals surface area (Å²) >= 11 is 0. The van der Waals surface area contributed by atoms with Gasteiger partial charge in [-0.1, -0.05) is 19.9 Å². The Labute approximate surface area is 145 Å². The first-order valence-electron chi connectivity index (χ1n) is 9.15. The van der Waals surface area contributed by atoms with Gasteiger partial charge < -0.3 is 14.2 Å². The van der Waals surface area contributed by atoms with Gasteiger partial charge in [-0.15, -0.1) is 0 Å². The summed E-state index contributed by atoms with van der Waals surface area (Å²) in [6.07, 6.45) is 6.84. The van der Waals surface area contributed by atoms with E-state index in [0.29, 0.717) is 12.0 Å². The second-order valence-corrected chi connectivity index (χ2v) is 6.61. The van der Waals surface area contributed by atoms with Crippen molar-refractivity contribution in [1.29, 1.82) is 0 Å². The fourth-order valence-corrected chi connectivity index (χ4v) is 2.77. The van der Waals surface area contributed by atoms with Crippen LogP contribution in [0.1, 0.15) is 59.8 Å². The molecule has 5 heteroatoms. The van der Waals surface area contributed by atoms with Crippen molar-refractivity contribution >= 4 is 11.9 Å². The molecular formula is C19H32O5. The molecule has 0 aliphatic heterocycles. The highest BCUT2D eigenvalue weighted by atomic mass is 16.6. The van der Waals surface area contributed by atoms with Crippen LogP contribution in [-0.4, -0.2) is 37.9 Å². The van der Waals surface area contributed by atoms with Crippen LogP contribution >= 0.6 is 0 Å². The topological polar surface area (TPSA) is 61.8 Å². The number of hydrogen-bond donors (Lipinski definition) is 0. The quantitative estimate of drug-likeness (QED) is 0.277. The maximum Gasteiger partial charge on any atom is 0.345 e. The minimum absolute atomic E-state index is 0.0304. The van der Waals surface area contributed by atoms with Crippen LogP contribution in [-0.2, 0) is 23.8 Å². The minimum Gasteiger partial charge on any atom is -0.462 e. The summed E-state index contributed by atoms with van der Waals surface area (Å²) in [6, 6.07) is 0. The van der Waals surface area contributed by atoms with Crippen LogP contribution in [0.4, 0.5) is 0 Å². The van der Waals surface area contributed by atoms with Crippen molar-refractivity contribution in [3.05, 3.63) is 11.6 Å². The number of rotatable bonds is 9. The minimum atomic E-state index is -0.591. The largest absolute Gasteiger partial charge is 0.462 e. The van der Waals surface area contributed by atoms with Crippen molar-refractivity contribution in [2.24, 2.45) is 11.8 Å². The Morgan fingerprint density at radius 1 is 1.00 bits per heavy atom. The molecule has 5 nitrogen and oxygen atoms in total. The van der Waals surface area contributed by atoms with Crippen molar-refractivity contribution < 1.29 is 23.8 Å². The van der Waals surface area contributed by atoms with Gasteiger partial charge in [0, 0.05) is 6.61 Å². The smallest absolute Gasteiger partial charge is 0.345 e. The summed E-state index contributed by atoms with van der Waals surface area (Å²) in [5.41, 5.74) is 0.0304. The highest BCUT2D eigenvalue weighted by Gasteiger charge is 2.26. The van der Waals surface area contributed by atoms with Gasteiger partial charge in [0.2, 0.25) is 0 Å². The first-order chi connectivity index (χ1) is 11.5. The van der Waals surface area contributed by atoms with E-state index in [2.05, 4.69) is 13.8 Å². The second kappa shape index (κ2) is 11.2. The number of allylic oxidation sites excluding steroid dienone is 1. The molecule has 1 saturated carbocycles. The number of esters is 2. The number of ether oxygens (including phenoxy) is 3. The normalized spacial score (nSPS) is 20.5. The predicted octanol–water partition coefficient (Wildman–Crippen LogP) is 3.66. The number of carbonyl (C=O) groups excluding carboxylic acids is 2. The second-order valence-electron chi connectivity index (χ2n) is 6.61. The van der Waals surface area contributed by atoms with Crippen molar-refractivity contribution in [2.45, 2.75) is 65.9 Å². The molecule has 138 valence electrons. The number of carbonyl (C=O) groups is 2. The van der Waals surface area contributed by atoms with Crippen LogP contribution in [0.25, 0.3) is 0 Å². The monoisotopic (exact) mass is 340 g/mol. The molecule has 0 unspecified atom stereocenters. The number of hydrogen-bond acceptors (Lipinski definition) is 5. The Morgan fingerprint density at radius 2 is 1.54 bits per heavy atom. The Kier molecular flexibility index (Phi) is 9.69. The van der Waals surface area contributed by atoms with Crippen LogP contribution in [0.5, 0.6) is 0 Å². The Bertz CT molecular complexity index is 399. The zero-order valence-corrected chi connectivity index (χ0v) is 15.5. The fourth-order valence-electron chi connectivity index (χ4n) is 2.77. The van der Waals surface area contributed by atoms with Gasteiger partial charge in [-0.2, -0.15) is 0 Å². The standard InChI is InChI=1S/C19H32O5/c1-5-22-18(20)17(19(21)23-6-2)13-15-7-9-16(10-8-15)24-12-11-14(3)4/h13-16H,5-12H2,1-4H3. The summed E-state index contributed by atoms with van der Waals surface area (Å²) in [5.74, 6) is -0.336. The maximum absolute atomic E-state index is 12.0. The molecule has 0 spiro atoms. The van der Waals surface area contributed by atoms with Crippen molar-refractivity contribution in [3.8, 4) is 0 Å². The van der Waals surface area contributed by atoms with Crippen LogP contribution in [0.15, 0.2) is 11.6 Å². The van der Waals surface area contributed by atoms with Crippen LogP contribution in [0.3, 0.4) is 0 Å². The fraction of sp³-hybridized carbons (Fsp3) is 0.789. The van der Waals surface area contributed by atoms with E-state index in [0.717, 1.165) is 38.7 Å². The van der Waals surface area contributed by atoms with E-state index in [9.17, 15) is 9.59 Å². The van der Waals surface area contributed by atoms with Gasteiger partial charge in [0.1, 0.15) is 5.57 Å². The first kappa shape index (κ1) is 20.7. The molecular weight excluding hydrogens is 308 g/mol. The highest BCUT2D eigenvalue weighted by Crippen LogP contribution is 2.28. The molecule has 1 aliphatic rings. The van der Waals surface area contributed by atoms with E-state index >= 15 is 0 Å². The van der Waals surface area contributed by atoms with Gasteiger partial charge in [0.05, 0.1) is 19.3 Å². The first-order valence-corrected chi connectivity index (χ1v) is 9.15. The summed E-state index contributed by atoms with van der Waals surface area (Å²) in [6.45, 7) is 9.12. The third-order valence-corrected chi connectivity index (χ3v) is 4.16. The van der Waals surface area contributed by atoms with E-state index < -0.39 is 11.9 Å². The lowest BCUT2D eigenvalue weighted by Crippen LogP contribution is -2.24. The summed E-state index contributed by atoms with van der Waals surface area (Å²) in [4.78, 5) is 24.0. The third-order valence-electron chi connectivity index (χ3n) is 4.16. The van der Waals surface area contributed by atoms with E-state index in [1.54, 1.807) is 19.9 Å². The molecule has 0 aromatic carbocycles. The lowest BCUT2D eigenvalue weighted by atomic mass is 9.86. The Morgan fingerprint density at radius 3 is 2.00 bits per heavy atom. The molecule has 0 N–H and O–H groups in total. The van der Waals surface area contributed by atoms with Gasteiger partial charge >= 0.3 is 11.9 Å². The Hall–Kier alpha value is -1.36. The molecule has 1 aliphatic carbocycles. The highest BCUT2D eigenvalue weighted by molar-refractivity contribution is 6.14. The van der Waals surface area contributed by atoms with Gasteiger partial charge in [0.15, 0.2) is 0 Å². The lowest BCUT2D eigenvalue weighted by molar-refractivity contribution is -0.146. The molecule has 0 aromatic heterocycles. The molecule has 0 radical (unpaired) electrons. The predicted molar refractivity (Wildman–Crippen MR) is 92.5 cm³/mol. The SMILES string of the molecule is CCOC(=O)C(=CC1CCC(OCCC(C)C)CC1)C(=O)OCC. The zero-order valence-electron chi connectivity index (χ0n) is 15.5. The molecule has 0 saturated heterocycles. The summed E-state index contributed by atoms with van der Waals surface area (Å²) < 4.78 is 15.9. The molecule has 0 heterocycles. The van der Waals surface area contributed by atoms with Crippen LogP contribution < -0.4 is 0 Å². The molecule has 1 fully saturated rings. The average molecular weight is 340 g/mol. The van der Waals surface area contributed by atoms with Crippen molar-refractivity contribution in [1.82, 2.24) is 0 Å². The van der Waals surface area contributed by atoms with Crippen LogP contribution in [0, 0.1) is 11.8 Å². The average Bonchev–Trinajstić information content (AvgIpc) is 2.54. The van der Waals surface area contributed by atoms with Crippen molar-refractivity contribution in [3.63, 3.8) is 0 Å². The van der Waals surface area contributed by atoms with E-state index in [4.69, 9.17) is 14.2 Å². The summed E-state index contributed by atoms with van der Waals surface area (Å²) in [5, 5.41) is 0. The van der Waals surface area contributed by atoms with Crippen LogP contribution in [0.2, 0.25) is 0 Å². The molecule has 0 atom stereocenters. The lowest BCUT2D eigenvalue weighted by Gasteiger charge is -2.27. The van der Waals surface area contributed by atoms with Gasteiger partial charge in [0.25, 0.3) is 0 Å². The zero-order chi connectivity index (χ0) is 17.9. The van der Waals surface area contributed by atoms with E-state index in [1.165, 1.54) is 0 Å². The van der Waals surface area contributed by atoms with E-state index in [-0.39, 0.29) is 24.7 Å². The molecule has 1 rings (SSSR count). The van der Waals surface area contributed by atoms with Gasteiger partial charge in [-0.3, -0.25) is 0 Å². The molecule has 0 aromatic rings. The van der Waals surface area contributed by atoms with Crippen molar-refractivity contribution in [2.75, 3.05) is 19.8 Å². The Balaban J connectivity index is 2.56. The van der Waals surface area contributed by atoms with E-state index in [1.807, 2.05) is 0 Å². The third kappa shape index (κ3) is 7.47. The van der Waals surface area contributed by atoms with Gasteiger partial charge in [-0.05, 0) is 57.8 Å². The molecule has 24 heavy (non-hydrogen) atoms. The summed E-state index contributed by atoms with van der Waals surface area (Å²) in [7, 11) is 0. The molecule has 0 amide bonds. The molecule has 0 bridgehead atoms. The maximum atomic E-state index is 12.0.